The maximum Gasteiger partial charge on any atom is 0.410 e. The minimum Gasteiger partial charge on any atom is -0.469 e. The van der Waals surface area contributed by atoms with Crippen LogP contribution in [0.25, 0.3) is 5.57 Å². The fraction of sp³-hybridized carbons (Fsp3) is 0.545. The largest absolute Gasteiger partial charge is 0.469 e. The molecule has 1 aliphatic heterocycles. The first kappa shape index (κ1) is 23.4. The number of ether oxygens (including phenoxy) is 2. The van der Waals surface area contributed by atoms with Gasteiger partial charge in [-0.1, -0.05) is 19.1 Å². The van der Waals surface area contributed by atoms with Crippen molar-refractivity contribution >= 4 is 23.3 Å². The monoisotopic (exact) mass is 418 g/mol. The number of hydrogen-bond donors (Lipinski definition) is 0. The molecule has 0 saturated carbocycles. The van der Waals surface area contributed by atoms with Gasteiger partial charge < -0.3 is 14.4 Å². The molecule has 1 heterocycles. The van der Waals surface area contributed by atoms with E-state index in [-0.39, 0.29) is 24.0 Å². The normalized spacial score (nSPS) is 15.2. The lowest BCUT2D eigenvalue weighted by Crippen LogP contribution is -2.39. The third kappa shape index (κ3) is 6.05. The van der Waals surface area contributed by atoms with Gasteiger partial charge in [0.25, 0.3) is 5.69 Å². The number of carbonyl (C=O) groups is 2. The molecule has 0 spiro atoms. The van der Waals surface area contributed by atoms with Crippen molar-refractivity contribution in [2.24, 2.45) is 0 Å². The smallest absolute Gasteiger partial charge is 0.410 e. The average Bonchev–Trinajstić information content (AvgIpc) is 2.70. The molecule has 0 N–H and O–H groups in total. The van der Waals surface area contributed by atoms with E-state index < -0.39 is 16.6 Å². The second kappa shape index (κ2) is 9.73. The number of rotatable bonds is 6. The predicted octanol–water partition coefficient (Wildman–Crippen LogP) is 4.68. The van der Waals surface area contributed by atoms with Crippen LogP contribution in [0.1, 0.15) is 64.0 Å². The van der Waals surface area contributed by atoms with Crippen molar-refractivity contribution < 1.29 is 24.0 Å². The topological polar surface area (TPSA) is 99.0 Å². The quantitative estimate of drug-likeness (QED) is 0.378. The summed E-state index contributed by atoms with van der Waals surface area (Å²) in [7, 11) is 1.33. The third-order valence-electron chi connectivity index (χ3n) is 5.03. The van der Waals surface area contributed by atoms with E-state index in [0.717, 1.165) is 11.1 Å². The van der Waals surface area contributed by atoms with E-state index in [1.54, 1.807) is 17.0 Å². The molecule has 1 aromatic carbocycles. The molecular formula is C22H30N2O6. The van der Waals surface area contributed by atoms with Crippen molar-refractivity contribution in [3.05, 3.63) is 45.5 Å². The van der Waals surface area contributed by atoms with Crippen LogP contribution in [0.15, 0.2) is 24.3 Å². The molecule has 1 aromatic rings. The van der Waals surface area contributed by atoms with E-state index in [0.29, 0.717) is 31.5 Å². The lowest BCUT2D eigenvalue weighted by atomic mass is 9.89. The molecule has 0 bridgehead atoms. The Kier molecular flexibility index (Phi) is 7.59. The summed E-state index contributed by atoms with van der Waals surface area (Å²) in [5.74, 6) is -0.487. The van der Waals surface area contributed by atoms with Gasteiger partial charge >= 0.3 is 12.1 Å². The number of nitro benzene ring substituents is 1. The molecule has 8 nitrogen and oxygen atoms in total. The van der Waals surface area contributed by atoms with E-state index in [1.165, 1.54) is 7.11 Å². The molecule has 1 aliphatic rings. The molecule has 2 rings (SSSR count). The van der Waals surface area contributed by atoms with Crippen molar-refractivity contribution in [3.8, 4) is 0 Å². The fourth-order valence-electron chi connectivity index (χ4n) is 3.41. The maximum absolute atomic E-state index is 12.2. The van der Waals surface area contributed by atoms with Crippen LogP contribution in [-0.4, -0.2) is 47.7 Å². The van der Waals surface area contributed by atoms with Crippen molar-refractivity contribution in [2.45, 2.75) is 58.5 Å². The lowest BCUT2D eigenvalue weighted by Gasteiger charge is -2.29. The highest BCUT2D eigenvalue weighted by molar-refractivity contribution is 5.77. The maximum atomic E-state index is 12.2. The number of benzene rings is 1. The van der Waals surface area contributed by atoms with Gasteiger partial charge in [0.15, 0.2) is 0 Å². The number of amides is 1. The van der Waals surface area contributed by atoms with Crippen molar-refractivity contribution in [2.75, 3.05) is 20.2 Å². The Labute approximate surface area is 177 Å². The van der Waals surface area contributed by atoms with E-state index in [4.69, 9.17) is 9.47 Å². The minimum absolute atomic E-state index is 0.00721. The molecule has 1 amide bonds. The van der Waals surface area contributed by atoms with E-state index >= 15 is 0 Å². The van der Waals surface area contributed by atoms with E-state index in [1.807, 2.05) is 39.8 Å². The molecule has 1 unspecified atom stereocenters. The highest BCUT2D eigenvalue weighted by Crippen LogP contribution is 2.34. The molecule has 0 aromatic heterocycles. The van der Waals surface area contributed by atoms with Gasteiger partial charge in [0.2, 0.25) is 0 Å². The molecule has 0 radical (unpaired) electrons. The SMILES string of the molecule is CCC(CC(=O)OC)c1ccc(C2=CCN(C(=O)OC(C)(C)C)CC2)c([N+](=O)[O-])c1. The van der Waals surface area contributed by atoms with E-state index in [9.17, 15) is 19.7 Å². The molecule has 0 saturated heterocycles. The van der Waals surface area contributed by atoms with Crippen LogP contribution in [0.3, 0.4) is 0 Å². The Morgan fingerprint density at radius 2 is 2.00 bits per heavy atom. The van der Waals surface area contributed by atoms with Crippen LogP contribution in [0.5, 0.6) is 0 Å². The Bertz CT molecular complexity index is 841. The van der Waals surface area contributed by atoms with Crippen LogP contribution in [-0.2, 0) is 14.3 Å². The number of esters is 1. The van der Waals surface area contributed by atoms with Gasteiger partial charge in [-0.2, -0.15) is 0 Å². The number of nitrogens with zero attached hydrogens (tertiary/aromatic N) is 2. The average molecular weight is 418 g/mol. The zero-order valence-corrected chi connectivity index (χ0v) is 18.3. The lowest BCUT2D eigenvalue weighted by molar-refractivity contribution is -0.385. The van der Waals surface area contributed by atoms with Crippen molar-refractivity contribution in [1.29, 1.82) is 0 Å². The summed E-state index contributed by atoms with van der Waals surface area (Å²) in [6, 6.07) is 5.12. The minimum atomic E-state index is -0.574. The van der Waals surface area contributed by atoms with Gasteiger partial charge in [-0.25, -0.2) is 4.79 Å². The highest BCUT2D eigenvalue weighted by atomic mass is 16.6. The zero-order valence-electron chi connectivity index (χ0n) is 18.3. The summed E-state index contributed by atoms with van der Waals surface area (Å²) in [6.45, 7) is 8.13. The summed E-state index contributed by atoms with van der Waals surface area (Å²) >= 11 is 0. The first-order valence-corrected chi connectivity index (χ1v) is 10.1. The predicted molar refractivity (Wildman–Crippen MR) is 113 cm³/mol. The number of carbonyl (C=O) groups excluding carboxylic acids is 2. The summed E-state index contributed by atoms with van der Waals surface area (Å²) < 4.78 is 10.1. The number of nitro groups is 1. The van der Waals surface area contributed by atoms with Crippen LogP contribution >= 0.6 is 0 Å². The van der Waals surface area contributed by atoms with Gasteiger partial charge in [0.05, 0.1) is 24.0 Å². The van der Waals surface area contributed by atoms with Crippen LogP contribution in [0.4, 0.5) is 10.5 Å². The van der Waals surface area contributed by atoms with Crippen LogP contribution in [0, 0.1) is 10.1 Å². The van der Waals surface area contributed by atoms with Gasteiger partial charge in [0, 0.05) is 19.2 Å². The molecule has 8 heteroatoms. The Morgan fingerprint density at radius 3 is 2.50 bits per heavy atom. The highest BCUT2D eigenvalue weighted by Gasteiger charge is 2.27. The Morgan fingerprint density at radius 1 is 1.30 bits per heavy atom. The second-order valence-corrected chi connectivity index (χ2v) is 8.32. The molecule has 0 aliphatic carbocycles. The van der Waals surface area contributed by atoms with Gasteiger partial charge in [-0.15, -0.1) is 0 Å². The Balaban J connectivity index is 2.24. The second-order valence-electron chi connectivity index (χ2n) is 8.32. The van der Waals surface area contributed by atoms with Crippen LogP contribution < -0.4 is 0 Å². The zero-order chi connectivity index (χ0) is 22.5. The molecule has 164 valence electrons. The third-order valence-corrected chi connectivity index (χ3v) is 5.03. The first-order valence-electron chi connectivity index (χ1n) is 10.1. The summed E-state index contributed by atoms with van der Waals surface area (Å²) in [4.78, 5) is 36.8. The van der Waals surface area contributed by atoms with Gasteiger partial charge in [0.1, 0.15) is 5.60 Å². The summed E-state index contributed by atoms with van der Waals surface area (Å²) in [5, 5.41) is 11.7. The van der Waals surface area contributed by atoms with Gasteiger partial charge in [-0.05, 0) is 56.7 Å². The van der Waals surface area contributed by atoms with Gasteiger partial charge in [-0.3, -0.25) is 14.9 Å². The fourth-order valence-corrected chi connectivity index (χ4v) is 3.41. The molecule has 30 heavy (non-hydrogen) atoms. The number of hydrogen-bond acceptors (Lipinski definition) is 6. The first-order chi connectivity index (χ1) is 14.1. The van der Waals surface area contributed by atoms with E-state index in [2.05, 4.69) is 0 Å². The standard InChI is InChI=1S/C22H30N2O6/c1-6-15(14-20(25)29-5)17-7-8-18(19(13-17)24(27)28)16-9-11-23(12-10-16)21(26)30-22(2,3)4/h7-9,13,15H,6,10-12,14H2,1-5H3. The summed E-state index contributed by atoms with van der Waals surface area (Å²) in [5.41, 5.74) is 1.54. The van der Waals surface area contributed by atoms with Crippen molar-refractivity contribution in [3.63, 3.8) is 0 Å². The molecule has 0 fully saturated rings. The number of methoxy groups -OCH3 is 1. The Hall–Kier alpha value is -2.90. The summed E-state index contributed by atoms with van der Waals surface area (Å²) in [6.07, 6.45) is 2.78. The van der Waals surface area contributed by atoms with Crippen molar-refractivity contribution in [1.82, 2.24) is 4.90 Å². The molecule has 1 atom stereocenters. The molecular weight excluding hydrogens is 388 g/mol. The van der Waals surface area contributed by atoms with Crippen LogP contribution in [0.2, 0.25) is 0 Å².